The van der Waals surface area contributed by atoms with Crippen LogP contribution in [-0.4, -0.2) is 14.7 Å². The Morgan fingerprint density at radius 1 is 1.11 bits per heavy atom. The quantitative estimate of drug-likeness (QED) is 0.655. The van der Waals surface area contributed by atoms with Crippen molar-refractivity contribution in [3.05, 3.63) is 82.7 Å². The standard InChI is InChI=1S/C22H23FN4S/c1-13-11-16(8-9-18(13)23)27-21(17-12-14(2)26(4)15(17)3)20(25-22(27)28)19-7-5-6-10-24-19/h5-12,20-21H,1-4H3,(H,25,28)/t20-,21-/m0/s1. The topological polar surface area (TPSA) is 33.1 Å². The Kier molecular flexibility index (Phi) is 4.67. The first-order chi connectivity index (χ1) is 13.4. The van der Waals surface area contributed by atoms with Gasteiger partial charge in [0.15, 0.2) is 5.11 Å². The van der Waals surface area contributed by atoms with E-state index in [2.05, 4.69) is 46.7 Å². The minimum atomic E-state index is -0.216. The molecular formula is C22H23FN4S. The molecule has 6 heteroatoms. The molecule has 4 rings (SSSR count). The van der Waals surface area contributed by atoms with E-state index in [-0.39, 0.29) is 17.9 Å². The molecule has 3 aromatic rings. The average Bonchev–Trinajstić information content (AvgIpc) is 3.16. The normalized spacial score (nSPS) is 19.2. The van der Waals surface area contributed by atoms with Gasteiger partial charge in [0.05, 0.1) is 17.8 Å². The van der Waals surface area contributed by atoms with Crippen LogP contribution in [0.15, 0.2) is 48.7 Å². The summed E-state index contributed by atoms with van der Waals surface area (Å²) in [5.74, 6) is -0.216. The highest BCUT2D eigenvalue weighted by molar-refractivity contribution is 7.80. The van der Waals surface area contributed by atoms with Crippen LogP contribution in [0, 0.1) is 26.6 Å². The summed E-state index contributed by atoms with van der Waals surface area (Å²) in [7, 11) is 2.07. The molecule has 1 aromatic carbocycles. The van der Waals surface area contributed by atoms with Crippen LogP contribution in [0.25, 0.3) is 0 Å². The lowest BCUT2D eigenvalue weighted by Crippen LogP contribution is -2.29. The van der Waals surface area contributed by atoms with Gasteiger partial charge >= 0.3 is 0 Å². The van der Waals surface area contributed by atoms with Gasteiger partial charge in [-0.25, -0.2) is 4.39 Å². The largest absolute Gasteiger partial charge is 0.352 e. The highest BCUT2D eigenvalue weighted by atomic mass is 32.1. The van der Waals surface area contributed by atoms with Crippen LogP contribution in [0.4, 0.5) is 10.1 Å². The molecule has 0 radical (unpaired) electrons. The van der Waals surface area contributed by atoms with Gasteiger partial charge in [-0.1, -0.05) is 6.07 Å². The van der Waals surface area contributed by atoms with Gasteiger partial charge in [0.2, 0.25) is 0 Å². The maximum atomic E-state index is 13.9. The first-order valence-corrected chi connectivity index (χ1v) is 9.69. The number of nitrogens with one attached hydrogen (secondary N) is 1. The molecule has 0 aliphatic carbocycles. The number of thiocarbonyl (C=S) groups is 1. The number of anilines is 1. The smallest absolute Gasteiger partial charge is 0.174 e. The number of pyridine rings is 1. The van der Waals surface area contributed by atoms with Gasteiger partial charge in [-0.2, -0.15) is 0 Å². The van der Waals surface area contributed by atoms with Gasteiger partial charge in [0, 0.05) is 30.3 Å². The van der Waals surface area contributed by atoms with E-state index in [1.807, 2.05) is 24.3 Å². The molecule has 0 bridgehead atoms. The van der Waals surface area contributed by atoms with Crippen molar-refractivity contribution in [3.8, 4) is 0 Å². The van der Waals surface area contributed by atoms with Gasteiger partial charge in [-0.15, -0.1) is 0 Å². The summed E-state index contributed by atoms with van der Waals surface area (Å²) in [5.41, 5.74) is 5.95. The maximum Gasteiger partial charge on any atom is 0.174 e. The first-order valence-electron chi connectivity index (χ1n) is 9.28. The third kappa shape index (κ3) is 2.98. The minimum Gasteiger partial charge on any atom is -0.352 e. The fourth-order valence-electron chi connectivity index (χ4n) is 3.91. The Morgan fingerprint density at radius 3 is 2.50 bits per heavy atom. The van der Waals surface area contributed by atoms with Crippen LogP contribution < -0.4 is 10.2 Å². The van der Waals surface area contributed by atoms with Gasteiger partial charge < -0.3 is 14.8 Å². The third-order valence-electron chi connectivity index (χ3n) is 5.65. The molecule has 1 aliphatic heterocycles. The number of nitrogens with zero attached hydrogens (tertiary/aromatic N) is 3. The monoisotopic (exact) mass is 394 g/mol. The molecule has 28 heavy (non-hydrogen) atoms. The second-order valence-corrected chi connectivity index (χ2v) is 7.70. The van der Waals surface area contributed by atoms with Crippen molar-refractivity contribution in [3.63, 3.8) is 0 Å². The zero-order chi connectivity index (χ0) is 20.0. The summed E-state index contributed by atoms with van der Waals surface area (Å²) in [4.78, 5) is 6.66. The molecule has 1 aliphatic rings. The Morgan fingerprint density at radius 2 is 1.89 bits per heavy atom. The molecule has 0 spiro atoms. The Balaban J connectivity index is 1.89. The number of benzene rings is 1. The number of rotatable bonds is 3. The number of aryl methyl sites for hydroxylation is 2. The van der Waals surface area contributed by atoms with Crippen molar-refractivity contribution in [2.45, 2.75) is 32.9 Å². The van der Waals surface area contributed by atoms with Crippen LogP contribution in [0.5, 0.6) is 0 Å². The molecule has 1 N–H and O–H groups in total. The van der Waals surface area contributed by atoms with Gasteiger partial charge in [-0.3, -0.25) is 4.98 Å². The molecule has 0 unspecified atom stereocenters. The zero-order valence-corrected chi connectivity index (χ0v) is 17.2. The minimum absolute atomic E-state index is 0.0767. The van der Waals surface area contributed by atoms with Gasteiger partial charge in [0.1, 0.15) is 5.82 Å². The summed E-state index contributed by atoms with van der Waals surface area (Å²) >= 11 is 5.72. The molecule has 2 atom stereocenters. The predicted molar refractivity (Wildman–Crippen MR) is 114 cm³/mol. The SMILES string of the molecule is Cc1cc(N2C(=S)N[C@@H](c3ccccn3)[C@@H]2c2cc(C)n(C)c2C)ccc1F. The maximum absolute atomic E-state index is 13.9. The lowest BCUT2D eigenvalue weighted by molar-refractivity contribution is 0.564. The Labute approximate surface area is 170 Å². The summed E-state index contributed by atoms with van der Waals surface area (Å²) in [6.07, 6.45) is 1.80. The molecular weight excluding hydrogens is 371 g/mol. The van der Waals surface area contributed by atoms with E-state index in [4.69, 9.17) is 12.2 Å². The summed E-state index contributed by atoms with van der Waals surface area (Å²) < 4.78 is 16.1. The van der Waals surface area contributed by atoms with Crippen molar-refractivity contribution in [1.82, 2.24) is 14.9 Å². The Hall–Kier alpha value is -2.73. The van der Waals surface area contributed by atoms with E-state index < -0.39 is 0 Å². The van der Waals surface area contributed by atoms with E-state index in [1.165, 1.54) is 23.0 Å². The van der Waals surface area contributed by atoms with Crippen molar-refractivity contribution < 1.29 is 4.39 Å². The second-order valence-electron chi connectivity index (χ2n) is 7.32. The van der Waals surface area contributed by atoms with Crippen LogP contribution >= 0.6 is 12.2 Å². The van der Waals surface area contributed by atoms with E-state index in [0.29, 0.717) is 10.7 Å². The lowest BCUT2D eigenvalue weighted by Gasteiger charge is -2.28. The number of hydrogen-bond acceptors (Lipinski definition) is 2. The second kappa shape index (κ2) is 7.02. The number of halogens is 1. The highest BCUT2D eigenvalue weighted by Gasteiger charge is 2.42. The fraction of sp³-hybridized carbons (Fsp3) is 0.273. The van der Waals surface area contributed by atoms with Gasteiger partial charge in [-0.05, 0) is 80.5 Å². The molecule has 0 amide bonds. The van der Waals surface area contributed by atoms with Crippen LogP contribution in [0.2, 0.25) is 0 Å². The van der Waals surface area contributed by atoms with E-state index in [0.717, 1.165) is 11.4 Å². The van der Waals surface area contributed by atoms with Gasteiger partial charge in [0.25, 0.3) is 0 Å². The van der Waals surface area contributed by atoms with Crippen LogP contribution in [-0.2, 0) is 7.05 Å². The number of hydrogen-bond donors (Lipinski definition) is 1. The van der Waals surface area contributed by atoms with Crippen LogP contribution in [0.1, 0.15) is 40.3 Å². The molecule has 144 valence electrons. The molecule has 2 aromatic heterocycles. The molecule has 4 nitrogen and oxygen atoms in total. The molecule has 1 fully saturated rings. The average molecular weight is 395 g/mol. The number of aromatic nitrogens is 2. The summed E-state index contributed by atoms with van der Waals surface area (Å²) in [6.45, 7) is 5.99. The molecule has 3 heterocycles. The summed E-state index contributed by atoms with van der Waals surface area (Å²) in [5, 5.41) is 4.07. The first kappa shape index (κ1) is 18.6. The van der Waals surface area contributed by atoms with E-state index in [9.17, 15) is 4.39 Å². The van der Waals surface area contributed by atoms with E-state index in [1.54, 1.807) is 19.2 Å². The van der Waals surface area contributed by atoms with Crippen LogP contribution in [0.3, 0.4) is 0 Å². The van der Waals surface area contributed by atoms with Crippen molar-refractivity contribution >= 4 is 23.0 Å². The highest BCUT2D eigenvalue weighted by Crippen LogP contribution is 2.43. The molecule has 0 saturated carbocycles. The lowest BCUT2D eigenvalue weighted by atomic mass is 9.96. The van der Waals surface area contributed by atoms with Crippen molar-refractivity contribution in [2.75, 3.05) is 4.90 Å². The third-order valence-corrected chi connectivity index (χ3v) is 5.97. The zero-order valence-electron chi connectivity index (χ0n) is 16.4. The van der Waals surface area contributed by atoms with Crippen molar-refractivity contribution in [2.24, 2.45) is 7.05 Å². The molecule has 1 saturated heterocycles. The Bertz CT molecular complexity index is 1040. The fourth-order valence-corrected chi connectivity index (χ4v) is 4.26. The summed E-state index contributed by atoms with van der Waals surface area (Å²) in [6, 6.07) is 13.1. The van der Waals surface area contributed by atoms with E-state index >= 15 is 0 Å². The predicted octanol–water partition coefficient (Wildman–Crippen LogP) is 4.66. The van der Waals surface area contributed by atoms with Crippen molar-refractivity contribution in [1.29, 1.82) is 0 Å².